The van der Waals surface area contributed by atoms with E-state index in [1.807, 2.05) is 60.9 Å². The number of rotatable bonds is 4. The predicted octanol–water partition coefficient (Wildman–Crippen LogP) is 13.2. The molecule has 0 aliphatic carbocycles. The van der Waals surface area contributed by atoms with Gasteiger partial charge in [-0.05, 0) is 35.4 Å². The van der Waals surface area contributed by atoms with Crippen LogP contribution >= 0.6 is 0 Å². The van der Waals surface area contributed by atoms with Crippen molar-refractivity contribution in [2.24, 2.45) is 0 Å². The monoisotopic (exact) mass is 716 g/mol. The summed E-state index contributed by atoms with van der Waals surface area (Å²) in [6.07, 6.45) is 3.68. The van der Waals surface area contributed by atoms with Crippen molar-refractivity contribution in [3.8, 4) is 44.8 Å². The average molecular weight is 717 g/mol. The van der Waals surface area contributed by atoms with Crippen molar-refractivity contribution in [3.63, 3.8) is 0 Å². The van der Waals surface area contributed by atoms with Crippen molar-refractivity contribution in [1.82, 2.24) is 19.9 Å². The largest absolute Gasteiger partial charge is 0.455 e. The number of nitrogens with zero attached hydrogens (tertiary/aromatic N) is 4. The van der Waals surface area contributed by atoms with E-state index in [1.54, 1.807) is 0 Å². The van der Waals surface area contributed by atoms with Gasteiger partial charge in [-0.15, -0.1) is 0 Å². The Kier molecular flexibility index (Phi) is 6.53. The summed E-state index contributed by atoms with van der Waals surface area (Å²) in [5.74, 6) is 0. The third-order valence-corrected chi connectivity index (χ3v) is 11.0. The fraction of sp³-hybridized carbons (Fsp3) is 0. The van der Waals surface area contributed by atoms with E-state index < -0.39 is 0 Å². The van der Waals surface area contributed by atoms with E-state index >= 15 is 0 Å². The lowest BCUT2D eigenvalue weighted by molar-refractivity contribution is 0.669. The standard InChI is InChI=1S/C50H28N4O2/c1-2-18-38-37(17-1)45-47(51-27-41(53-45)31-13-7-11-29(25-31)33-19-9-21-39-35-15-3-5-23-43(35)55-49(33)39)48-46(38)54-42(28-52-48)32-14-8-12-30(26-32)34-20-10-22-40-36-16-4-6-24-44(36)56-50(34)40/h1-28H. The summed E-state index contributed by atoms with van der Waals surface area (Å²) in [4.78, 5) is 20.6. The van der Waals surface area contributed by atoms with Crippen LogP contribution in [0.5, 0.6) is 0 Å². The molecule has 0 radical (unpaired) electrons. The molecule has 4 heterocycles. The first-order valence-electron chi connectivity index (χ1n) is 18.6. The summed E-state index contributed by atoms with van der Waals surface area (Å²) in [7, 11) is 0. The van der Waals surface area contributed by atoms with E-state index in [2.05, 4.69) is 109 Å². The van der Waals surface area contributed by atoms with E-state index in [4.69, 9.17) is 28.8 Å². The van der Waals surface area contributed by atoms with E-state index in [1.165, 1.54) is 0 Å². The van der Waals surface area contributed by atoms with Crippen molar-refractivity contribution < 1.29 is 8.83 Å². The van der Waals surface area contributed by atoms with Gasteiger partial charge in [0.25, 0.3) is 0 Å². The van der Waals surface area contributed by atoms with Gasteiger partial charge >= 0.3 is 0 Å². The number of para-hydroxylation sites is 4. The second-order valence-electron chi connectivity index (χ2n) is 14.2. The topological polar surface area (TPSA) is 77.8 Å². The molecule has 0 bridgehead atoms. The molecular formula is C50H28N4O2. The molecule has 12 aromatic rings. The number of furan rings is 2. The van der Waals surface area contributed by atoms with Crippen LogP contribution in [0.4, 0.5) is 0 Å². The van der Waals surface area contributed by atoms with Gasteiger partial charge in [0, 0.05) is 54.6 Å². The fourth-order valence-corrected chi connectivity index (χ4v) is 8.32. The van der Waals surface area contributed by atoms with Crippen molar-refractivity contribution >= 4 is 76.7 Å². The summed E-state index contributed by atoms with van der Waals surface area (Å²) in [5.41, 5.74) is 14.2. The SMILES string of the molecule is c1cc(-c2cnc3c(n2)c2ccccc2c2nc(-c4cccc(-c5cccc6c5oc5ccccc56)c4)cnc23)cc(-c2cccc3c2oc2ccccc23)c1. The Hall–Kier alpha value is -7.70. The van der Waals surface area contributed by atoms with Gasteiger partial charge in [-0.1, -0.05) is 133 Å². The third-order valence-electron chi connectivity index (χ3n) is 11.0. The van der Waals surface area contributed by atoms with Crippen LogP contribution in [-0.4, -0.2) is 19.9 Å². The highest BCUT2D eigenvalue weighted by molar-refractivity contribution is 6.21. The highest BCUT2D eigenvalue weighted by Crippen LogP contribution is 2.40. The first kappa shape index (κ1) is 30.7. The van der Waals surface area contributed by atoms with Gasteiger partial charge in [0.1, 0.15) is 33.4 Å². The summed E-state index contributed by atoms with van der Waals surface area (Å²) < 4.78 is 12.7. The molecule has 6 nitrogen and oxygen atoms in total. The molecule has 56 heavy (non-hydrogen) atoms. The number of hydrogen-bond acceptors (Lipinski definition) is 6. The molecule has 0 fully saturated rings. The van der Waals surface area contributed by atoms with Gasteiger partial charge in [0.2, 0.25) is 0 Å². The first-order chi connectivity index (χ1) is 27.7. The number of fused-ring (bicyclic) bond motifs is 12. The van der Waals surface area contributed by atoms with Crippen molar-refractivity contribution in [2.45, 2.75) is 0 Å². The third kappa shape index (κ3) is 4.63. The summed E-state index contributed by atoms with van der Waals surface area (Å²) in [6.45, 7) is 0. The van der Waals surface area contributed by atoms with E-state index in [9.17, 15) is 0 Å². The zero-order valence-electron chi connectivity index (χ0n) is 29.8. The quantitative estimate of drug-likeness (QED) is 0.169. The van der Waals surface area contributed by atoms with Crippen LogP contribution in [0.15, 0.2) is 179 Å². The molecule has 0 atom stereocenters. The van der Waals surface area contributed by atoms with E-state index in [0.717, 1.165) is 121 Å². The Labute approximate surface area is 319 Å². The zero-order chi connectivity index (χ0) is 36.7. The number of hydrogen-bond donors (Lipinski definition) is 0. The second-order valence-corrected chi connectivity index (χ2v) is 14.2. The second kappa shape index (κ2) is 11.9. The van der Waals surface area contributed by atoms with Gasteiger partial charge in [-0.3, -0.25) is 0 Å². The molecule has 8 aromatic carbocycles. The smallest absolute Gasteiger partial charge is 0.143 e. The van der Waals surface area contributed by atoms with Gasteiger partial charge < -0.3 is 8.83 Å². The first-order valence-corrected chi connectivity index (χ1v) is 18.6. The Morgan fingerprint density at radius 3 is 1.20 bits per heavy atom. The summed E-state index contributed by atoms with van der Waals surface area (Å²) >= 11 is 0. The van der Waals surface area contributed by atoms with Crippen LogP contribution in [0, 0.1) is 0 Å². The van der Waals surface area contributed by atoms with Gasteiger partial charge in [0.05, 0.1) is 34.8 Å². The van der Waals surface area contributed by atoms with Crippen molar-refractivity contribution in [1.29, 1.82) is 0 Å². The fourth-order valence-electron chi connectivity index (χ4n) is 8.32. The summed E-state index contributed by atoms with van der Waals surface area (Å²) in [5, 5.41) is 6.38. The normalized spacial score (nSPS) is 11.9. The predicted molar refractivity (Wildman–Crippen MR) is 226 cm³/mol. The van der Waals surface area contributed by atoms with Crippen LogP contribution < -0.4 is 0 Å². The van der Waals surface area contributed by atoms with E-state index in [-0.39, 0.29) is 0 Å². The summed E-state index contributed by atoms with van der Waals surface area (Å²) in [6, 6.07) is 54.1. The maximum Gasteiger partial charge on any atom is 0.143 e. The molecule has 0 saturated heterocycles. The lowest BCUT2D eigenvalue weighted by atomic mass is 9.99. The average Bonchev–Trinajstić information content (AvgIpc) is 3.85. The molecule has 6 heteroatoms. The highest BCUT2D eigenvalue weighted by Gasteiger charge is 2.18. The molecule has 0 N–H and O–H groups in total. The lowest BCUT2D eigenvalue weighted by Gasteiger charge is -2.12. The molecule has 0 aliphatic heterocycles. The molecule has 0 spiro atoms. The molecule has 4 aromatic heterocycles. The van der Waals surface area contributed by atoms with Gasteiger partial charge in [0.15, 0.2) is 0 Å². The number of aromatic nitrogens is 4. The van der Waals surface area contributed by atoms with Crippen LogP contribution in [0.3, 0.4) is 0 Å². The minimum Gasteiger partial charge on any atom is -0.455 e. The van der Waals surface area contributed by atoms with Crippen LogP contribution in [0.1, 0.15) is 0 Å². The van der Waals surface area contributed by atoms with Crippen molar-refractivity contribution in [2.75, 3.05) is 0 Å². The molecule has 260 valence electrons. The van der Waals surface area contributed by atoms with Crippen LogP contribution in [-0.2, 0) is 0 Å². The Morgan fingerprint density at radius 1 is 0.321 bits per heavy atom. The zero-order valence-corrected chi connectivity index (χ0v) is 29.8. The maximum atomic E-state index is 6.37. The molecule has 0 amide bonds. The molecule has 12 rings (SSSR count). The Bertz CT molecular complexity index is 3310. The van der Waals surface area contributed by atoms with Gasteiger partial charge in [-0.2, -0.15) is 0 Å². The molecule has 0 unspecified atom stereocenters. The van der Waals surface area contributed by atoms with E-state index in [0.29, 0.717) is 0 Å². The van der Waals surface area contributed by atoms with Gasteiger partial charge in [-0.25, -0.2) is 19.9 Å². The molecular weight excluding hydrogens is 689 g/mol. The van der Waals surface area contributed by atoms with Crippen molar-refractivity contribution in [3.05, 3.63) is 170 Å². The Morgan fingerprint density at radius 2 is 0.714 bits per heavy atom. The molecule has 0 saturated carbocycles. The molecule has 0 aliphatic rings. The van der Waals surface area contributed by atoms with Crippen LogP contribution in [0.25, 0.3) is 121 Å². The van der Waals surface area contributed by atoms with Crippen LogP contribution in [0.2, 0.25) is 0 Å². The number of benzene rings is 8. The highest BCUT2D eigenvalue weighted by atomic mass is 16.3. The minimum absolute atomic E-state index is 0.718. The Balaban J connectivity index is 0.968. The maximum absolute atomic E-state index is 6.37. The lowest BCUT2D eigenvalue weighted by Crippen LogP contribution is -1.96. The minimum atomic E-state index is 0.718.